The van der Waals surface area contributed by atoms with Gasteiger partial charge < -0.3 is 10.1 Å². The van der Waals surface area contributed by atoms with E-state index in [1.807, 2.05) is 19.2 Å². The Morgan fingerprint density at radius 1 is 1.47 bits per heavy atom. The van der Waals surface area contributed by atoms with Gasteiger partial charge in [0.25, 0.3) is 0 Å². The molecule has 0 aliphatic carbocycles. The summed E-state index contributed by atoms with van der Waals surface area (Å²) in [5.74, 6) is 0.956. The first-order valence-electron chi connectivity index (χ1n) is 6.97. The van der Waals surface area contributed by atoms with Gasteiger partial charge in [0.2, 0.25) is 0 Å². The predicted molar refractivity (Wildman–Crippen MR) is 80.9 cm³/mol. The van der Waals surface area contributed by atoms with Crippen LogP contribution in [0, 0.1) is 13.8 Å². The van der Waals surface area contributed by atoms with Gasteiger partial charge >= 0.3 is 0 Å². The molecule has 1 N–H and O–H groups in total. The van der Waals surface area contributed by atoms with Crippen molar-refractivity contribution >= 4 is 0 Å². The minimum absolute atomic E-state index is 0.399. The number of rotatable bonds is 8. The lowest BCUT2D eigenvalue weighted by molar-refractivity contribution is 0.406. The summed E-state index contributed by atoms with van der Waals surface area (Å²) in [5, 5.41) is 3.55. The lowest BCUT2D eigenvalue weighted by atomic mass is 10.0. The monoisotopic (exact) mass is 262 g/mol. The predicted octanol–water partition coefficient (Wildman–Crippen LogP) is 3.19. The van der Waals surface area contributed by atoms with Crippen molar-refractivity contribution in [1.82, 2.24) is 10.3 Å². The highest BCUT2D eigenvalue weighted by molar-refractivity contribution is 5.41. The van der Waals surface area contributed by atoms with Gasteiger partial charge in [0.1, 0.15) is 5.75 Å². The molecule has 0 aliphatic rings. The average molecular weight is 262 g/mol. The molecule has 1 rings (SSSR count). The fraction of sp³-hybridized carbons (Fsp3) is 0.562. The zero-order valence-electron chi connectivity index (χ0n) is 12.6. The van der Waals surface area contributed by atoms with Crippen molar-refractivity contribution in [2.45, 2.75) is 46.1 Å². The third-order valence-electron chi connectivity index (χ3n) is 3.32. The second-order valence-electron chi connectivity index (χ2n) is 4.93. The Bertz CT molecular complexity index is 415. The molecule has 19 heavy (non-hydrogen) atoms. The Morgan fingerprint density at radius 2 is 2.21 bits per heavy atom. The van der Waals surface area contributed by atoms with Crippen LogP contribution in [0.5, 0.6) is 5.75 Å². The molecule has 0 aliphatic heterocycles. The van der Waals surface area contributed by atoms with Crippen LogP contribution in [0.3, 0.4) is 0 Å². The topological polar surface area (TPSA) is 34.1 Å². The van der Waals surface area contributed by atoms with Crippen molar-refractivity contribution in [1.29, 1.82) is 0 Å². The second-order valence-corrected chi connectivity index (χ2v) is 4.93. The third-order valence-corrected chi connectivity index (χ3v) is 3.32. The molecule has 1 aromatic heterocycles. The standard InChI is InChI=1S/C16H26N2O/c1-6-8-14(17-9-7-2)10-15-13(4)16(19-5)12(3)11-18-15/h6,11,14,17H,1,7-10H2,2-5H3. The molecule has 3 heteroatoms. The van der Waals surface area contributed by atoms with E-state index >= 15 is 0 Å². The fourth-order valence-electron chi connectivity index (χ4n) is 2.30. The molecular formula is C16H26N2O. The van der Waals surface area contributed by atoms with Gasteiger partial charge in [-0.15, -0.1) is 6.58 Å². The average Bonchev–Trinajstić information content (AvgIpc) is 2.40. The van der Waals surface area contributed by atoms with Crippen LogP contribution in [0.4, 0.5) is 0 Å². The zero-order chi connectivity index (χ0) is 14.3. The molecule has 106 valence electrons. The Hall–Kier alpha value is -1.35. The highest BCUT2D eigenvalue weighted by Gasteiger charge is 2.14. The van der Waals surface area contributed by atoms with Gasteiger partial charge in [0.05, 0.1) is 7.11 Å². The number of aryl methyl sites for hydroxylation is 1. The van der Waals surface area contributed by atoms with Crippen LogP contribution in [-0.4, -0.2) is 24.7 Å². The molecule has 0 aromatic carbocycles. The largest absolute Gasteiger partial charge is 0.496 e. The number of hydrogen-bond donors (Lipinski definition) is 1. The van der Waals surface area contributed by atoms with Gasteiger partial charge in [-0.2, -0.15) is 0 Å². The molecule has 3 nitrogen and oxygen atoms in total. The van der Waals surface area contributed by atoms with Crippen LogP contribution in [0.15, 0.2) is 18.9 Å². The smallest absolute Gasteiger partial charge is 0.128 e. The molecule has 1 heterocycles. The molecule has 0 saturated carbocycles. The van der Waals surface area contributed by atoms with Crippen molar-refractivity contribution in [3.8, 4) is 5.75 Å². The van der Waals surface area contributed by atoms with Gasteiger partial charge in [-0.3, -0.25) is 4.98 Å². The Labute approximate surface area is 117 Å². The summed E-state index contributed by atoms with van der Waals surface area (Å²) in [6.45, 7) is 11.1. The fourth-order valence-corrected chi connectivity index (χ4v) is 2.30. The van der Waals surface area contributed by atoms with Crippen LogP contribution in [0.2, 0.25) is 0 Å². The quantitative estimate of drug-likeness (QED) is 0.731. The van der Waals surface area contributed by atoms with E-state index in [9.17, 15) is 0 Å². The van der Waals surface area contributed by atoms with Crippen molar-refractivity contribution in [2.24, 2.45) is 0 Å². The number of aromatic nitrogens is 1. The van der Waals surface area contributed by atoms with Crippen LogP contribution < -0.4 is 10.1 Å². The maximum atomic E-state index is 5.46. The van der Waals surface area contributed by atoms with E-state index in [4.69, 9.17) is 4.74 Å². The van der Waals surface area contributed by atoms with E-state index < -0.39 is 0 Å². The highest BCUT2D eigenvalue weighted by Crippen LogP contribution is 2.24. The van der Waals surface area contributed by atoms with Crippen LogP contribution in [0.1, 0.15) is 36.6 Å². The summed E-state index contributed by atoms with van der Waals surface area (Å²) in [5.41, 5.74) is 3.35. The van der Waals surface area contributed by atoms with Crippen LogP contribution >= 0.6 is 0 Å². The molecule has 1 aromatic rings. The van der Waals surface area contributed by atoms with Gasteiger partial charge in [-0.25, -0.2) is 0 Å². The summed E-state index contributed by atoms with van der Waals surface area (Å²) in [4.78, 5) is 4.56. The van der Waals surface area contributed by atoms with Gasteiger partial charge in [0.15, 0.2) is 0 Å². The maximum Gasteiger partial charge on any atom is 0.128 e. The van der Waals surface area contributed by atoms with E-state index in [-0.39, 0.29) is 0 Å². The van der Waals surface area contributed by atoms with Gasteiger partial charge in [-0.1, -0.05) is 13.0 Å². The molecule has 0 bridgehead atoms. The minimum atomic E-state index is 0.399. The molecule has 0 spiro atoms. The van der Waals surface area contributed by atoms with Crippen molar-refractivity contribution < 1.29 is 4.74 Å². The SMILES string of the molecule is C=CCC(Cc1ncc(C)c(OC)c1C)NCCC. The number of nitrogens with zero attached hydrogens (tertiary/aromatic N) is 1. The highest BCUT2D eigenvalue weighted by atomic mass is 16.5. The molecule has 1 atom stereocenters. The van der Waals surface area contributed by atoms with E-state index in [2.05, 4.69) is 30.7 Å². The van der Waals surface area contributed by atoms with E-state index in [1.165, 1.54) is 0 Å². The summed E-state index contributed by atoms with van der Waals surface area (Å²) >= 11 is 0. The number of methoxy groups -OCH3 is 1. The summed E-state index contributed by atoms with van der Waals surface area (Å²) in [6.07, 6.45) is 6.86. The number of ether oxygens (including phenoxy) is 1. The molecule has 0 saturated heterocycles. The maximum absolute atomic E-state index is 5.46. The van der Waals surface area contributed by atoms with E-state index in [0.29, 0.717) is 6.04 Å². The molecule has 0 radical (unpaired) electrons. The lowest BCUT2D eigenvalue weighted by Crippen LogP contribution is -2.31. The van der Waals surface area contributed by atoms with E-state index in [0.717, 1.165) is 48.4 Å². The van der Waals surface area contributed by atoms with E-state index in [1.54, 1.807) is 7.11 Å². The molecule has 1 unspecified atom stereocenters. The summed E-state index contributed by atoms with van der Waals surface area (Å²) in [6, 6.07) is 0.399. The molecule has 0 fully saturated rings. The first kappa shape index (κ1) is 15.7. The Balaban J connectivity index is 2.86. The van der Waals surface area contributed by atoms with Gasteiger partial charge in [0, 0.05) is 35.5 Å². The van der Waals surface area contributed by atoms with Gasteiger partial charge in [-0.05, 0) is 33.2 Å². The van der Waals surface area contributed by atoms with Crippen LogP contribution in [-0.2, 0) is 6.42 Å². The van der Waals surface area contributed by atoms with Crippen molar-refractivity contribution in [3.63, 3.8) is 0 Å². The first-order valence-corrected chi connectivity index (χ1v) is 6.97. The summed E-state index contributed by atoms with van der Waals surface area (Å²) in [7, 11) is 1.72. The van der Waals surface area contributed by atoms with Crippen LogP contribution in [0.25, 0.3) is 0 Å². The molecular weight excluding hydrogens is 236 g/mol. The minimum Gasteiger partial charge on any atom is -0.496 e. The molecule has 0 amide bonds. The third kappa shape index (κ3) is 4.35. The van der Waals surface area contributed by atoms with Crippen molar-refractivity contribution in [3.05, 3.63) is 35.7 Å². The number of pyridine rings is 1. The summed E-state index contributed by atoms with van der Waals surface area (Å²) < 4.78 is 5.46. The number of hydrogen-bond acceptors (Lipinski definition) is 3. The Kier molecular flexibility index (Phi) is 6.57. The second kappa shape index (κ2) is 7.95. The van der Waals surface area contributed by atoms with Crippen molar-refractivity contribution in [2.75, 3.05) is 13.7 Å². The normalized spacial score (nSPS) is 12.2. The lowest BCUT2D eigenvalue weighted by Gasteiger charge is -2.19. The number of nitrogens with one attached hydrogen (secondary N) is 1. The first-order chi connectivity index (χ1) is 9.13. The Morgan fingerprint density at radius 3 is 2.79 bits per heavy atom. The zero-order valence-corrected chi connectivity index (χ0v) is 12.6.